The minimum absolute atomic E-state index is 0.231. The number of benzene rings is 2. The molecule has 0 unspecified atom stereocenters. The lowest BCUT2D eigenvalue weighted by molar-refractivity contribution is 0.293. The smallest absolute Gasteiger partial charge is 0.127 e. The Kier molecular flexibility index (Phi) is 3.39. The van der Waals surface area contributed by atoms with Gasteiger partial charge in [-0.25, -0.2) is 8.78 Å². The molecule has 0 atom stereocenters. The molecular weight excluding hydrogens is 332 g/mol. The van der Waals surface area contributed by atoms with Crippen molar-refractivity contribution in [2.24, 2.45) is 12.0 Å². The Morgan fingerprint density at radius 1 is 1.00 bits per heavy atom. The van der Waals surface area contributed by atoms with Crippen LogP contribution < -0.4 is 0 Å². The lowest BCUT2D eigenvalue weighted by Crippen LogP contribution is -2.47. The van der Waals surface area contributed by atoms with E-state index < -0.39 is 11.0 Å². The lowest BCUT2D eigenvalue weighted by atomic mass is 9.65. The molecule has 3 aromatic rings. The van der Waals surface area contributed by atoms with Crippen molar-refractivity contribution in [1.29, 1.82) is 0 Å². The van der Waals surface area contributed by atoms with Crippen molar-refractivity contribution in [3.63, 3.8) is 0 Å². The van der Waals surface area contributed by atoms with Crippen molar-refractivity contribution < 1.29 is 8.78 Å². The highest BCUT2D eigenvalue weighted by molar-refractivity contribution is 6.19. The molecule has 1 aliphatic rings. The topological polar surface area (TPSA) is 30.2 Å². The molecule has 26 heavy (non-hydrogen) atoms. The highest BCUT2D eigenvalue weighted by atomic mass is 19.1. The summed E-state index contributed by atoms with van der Waals surface area (Å²) in [6.45, 7) is 8.07. The van der Waals surface area contributed by atoms with Crippen LogP contribution in [0.1, 0.15) is 44.5 Å². The number of nitrogens with zero attached hydrogens (tertiary/aromatic N) is 3. The van der Waals surface area contributed by atoms with E-state index in [1.165, 1.54) is 18.2 Å². The maximum atomic E-state index is 14.9. The average Bonchev–Trinajstić information content (AvgIpc) is 2.85. The first-order chi connectivity index (χ1) is 12.1. The maximum Gasteiger partial charge on any atom is 0.127 e. The fraction of sp³-hybridized carbons (Fsp3) is 0.333. The molecule has 2 heterocycles. The third kappa shape index (κ3) is 2.16. The molecule has 5 heteroatoms. The molecule has 0 saturated heterocycles. The Hall–Kier alpha value is -2.56. The Balaban J connectivity index is 2.09. The van der Waals surface area contributed by atoms with Gasteiger partial charge in [0.05, 0.1) is 22.5 Å². The number of aryl methyl sites for hydroxylation is 1. The van der Waals surface area contributed by atoms with E-state index in [1.54, 1.807) is 16.8 Å². The number of hydrogen-bond donors (Lipinski definition) is 0. The predicted octanol–water partition coefficient (Wildman–Crippen LogP) is 4.76. The van der Waals surface area contributed by atoms with Crippen LogP contribution in [-0.2, 0) is 12.5 Å². The summed E-state index contributed by atoms with van der Waals surface area (Å²) in [5.74, 6) is -0.564. The summed E-state index contributed by atoms with van der Waals surface area (Å²) in [7, 11) is 1.81. The van der Waals surface area contributed by atoms with E-state index >= 15 is 0 Å². The molecule has 0 amide bonds. The van der Waals surface area contributed by atoms with Crippen LogP contribution in [0.15, 0.2) is 41.4 Å². The van der Waals surface area contributed by atoms with Gasteiger partial charge in [-0.1, -0.05) is 26.0 Å². The molecule has 0 saturated carbocycles. The summed E-state index contributed by atoms with van der Waals surface area (Å²) in [6, 6.07) is 9.63. The van der Waals surface area contributed by atoms with Gasteiger partial charge in [-0.15, -0.1) is 0 Å². The van der Waals surface area contributed by atoms with Crippen LogP contribution in [0.5, 0.6) is 0 Å². The van der Waals surface area contributed by atoms with Crippen LogP contribution in [-0.4, -0.2) is 21.0 Å². The number of rotatable bonds is 1. The Morgan fingerprint density at radius 2 is 1.73 bits per heavy atom. The number of halogens is 2. The van der Waals surface area contributed by atoms with Gasteiger partial charge in [0.15, 0.2) is 0 Å². The SMILES string of the molecule is Cn1nc2cc(F)ccc2c1C1=NC(C)(C)C(C)(C)c2c(F)cccc21. The zero-order chi connectivity index (χ0) is 18.9. The minimum Gasteiger partial charge on any atom is -0.275 e. The molecule has 0 N–H and O–H groups in total. The largest absolute Gasteiger partial charge is 0.275 e. The highest BCUT2D eigenvalue weighted by Gasteiger charge is 2.46. The van der Waals surface area contributed by atoms with E-state index in [2.05, 4.69) is 5.10 Å². The van der Waals surface area contributed by atoms with Gasteiger partial charge < -0.3 is 0 Å². The fourth-order valence-electron chi connectivity index (χ4n) is 3.78. The molecule has 0 bridgehead atoms. The van der Waals surface area contributed by atoms with Crippen molar-refractivity contribution in [1.82, 2.24) is 9.78 Å². The van der Waals surface area contributed by atoms with Crippen molar-refractivity contribution in [3.05, 3.63) is 64.9 Å². The summed E-state index contributed by atoms with van der Waals surface area (Å²) in [5.41, 5.74) is 2.46. The molecule has 2 aromatic carbocycles. The first kappa shape index (κ1) is 16.9. The maximum absolute atomic E-state index is 14.9. The molecule has 1 aromatic heterocycles. The Labute approximate surface area is 151 Å². The van der Waals surface area contributed by atoms with Gasteiger partial charge in [-0.2, -0.15) is 5.10 Å². The van der Waals surface area contributed by atoms with Crippen LogP contribution in [0.3, 0.4) is 0 Å². The Morgan fingerprint density at radius 3 is 2.46 bits per heavy atom. The first-order valence-electron chi connectivity index (χ1n) is 8.65. The van der Waals surface area contributed by atoms with Gasteiger partial charge >= 0.3 is 0 Å². The first-order valence-corrected chi connectivity index (χ1v) is 8.65. The van der Waals surface area contributed by atoms with Crippen molar-refractivity contribution >= 4 is 16.6 Å². The molecular formula is C21H21F2N3. The van der Waals surface area contributed by atoms with Crippen LogP contribution >= 0.6 is 0 Å². The molecule has 0 radical (unpaired) electrons. The van der Waals surface area contributed by atoms with Crippen molar-refractivity contribution in [3.8, 4) is 0 Å². The van der Waals surface area contributed by atoms with Gasteiger partial charge in [0, 0.05) is 35.0 Å². The number of aliphatic imine (C=N–C) groups is 1. The summed E-state index contributed by atoms with van der Waals surface area (Å²) in [6.07, 6.45) is 0. The van der Waals surface area contributed by atoms with E-state index in [-0.39, 0.29) is 11.6 Å². The number of fused-ring (bicyclic) bond motifs is 2. The molecule has 4 rings (SSSR count). The van der Waals surface area contributed by atoms with Crippen molar-refractivity contribution in [2.45, 2.75) is 38.6 Å². The summed E-state index contributed by atoms with van der Waals surface area (Å²) < 4.78 is 30.2. The van der Waals surface area contributed by atoms with E-state index in [9.17, 15) is 8.78 Å². The van der Waals surface area contributed by atoms with Gasteiger partial charge in [0.25, 0.3) is 0 Å². The molecule has 1 aliphatic heterocycles. The second-order valence-electron chi connectivity index (χ2n) is 7.94. The fourth-order valence-corrected chi connectivity index (χ4v) is 3.78. The molecule has 0 fully saturated rings. The summed E-state index contributed by atoms with van der Waals surface area (Å²) in [4.78, 5) is 5.02. The highest BCUT2D eigenvalue weighted by Crippen LogP contribution is 2.45. The zero-order valence-electron chi connectivity index (χ0n) is 15.6. The summed E-state index contributed by atoms with van der Waals surface area (Å²) in [5, 5.41) is 5.23. The predicted molar refractivity (Wildman–Crippen MR) is 99.8 cm³/mol. The molecule has 0 spiro atoms. The van der Waals surface area contributed by atoms with Gasteiger partial charge in [-0.3, -0.25) is 9.67 Å². The average molecular weight is 353 g/mol. The monoisotopic (exact) mass is 353 g/mol. The third-order valence-electron chi connectivity index (χ3n) is 5.84. The summed E-state index contributed by atoms with van der Waals surface area (Å²) >= 11 is 0. The second-order valence-corrected chi connectivity index (χ2v) is 7.94. The molecule has 134 valence electrons. The van der Waals surface area contributed by atoms with E-state index in [0.717, 1.165) is 16.6 Å². The number of aromatic nitrogens is 2. The van der Waals surface area contributed by atoms with Crippen LogP contribution in [0.2, 0.25) is 0 Å². The van der Waals surface area contributed by atoms with Crippen LogP contribution in [0, 0.1) is 11.6 Å². The van der Waals surface area contributed by atoms with E-state index in [1.807, 2.05) is 40.8 Å². The lowest BCUT2D eigenvalue weighted by Gasteiger charge is -2.44. The van der Waals surface area contributed by atoms with Gasteiger partial charge in [0.1, 0.15) is 11.6 Å². The van der Waals surface area contributed by atoms with Crippen molar-refractivity contribution in [2.75, 3.05) is 0 Å². The quantitative estimate of drug-likeness (QED) is 0.620. The molecule has 3 nitrogen and oxygen atoms in total. The van der Waals surface area contributed by atoms with Crippen LogP contribution in [0.25, 0.3) is 10.9 Å². The van der Waals surface area contributed by atoms with E-state index in [0.29, 0.717) is 16.8 Å². The van der Waals surface area contributed by atoms with Gasteiger partial charge in [-0.05, 0) is 32.0 Å². The minimum atomic E-state index is -0.520. The second kappa shape index (κ2) is 5.22. The Bertz CT molecular complexity index is 1070. The normalized spacial score (nSPS) is 17.9. The third-order valence-corrected chi connectivity index (χ3v) is 5.84. The van der Waals surface area contributed by atoms with Crippen LogP contribution in [0.4, 0.5) is 8.78 Å². The zero-order valence-corrected chi connectivity index (χ0v) is 15.6. The van der Waals surface area contributed by atoms with E-state index in [4.69, 9.17) is 4.99 Å². The van der Waals surface area contributed by atoms with Gasteiger partial charge in [0.2, 0.25) is 0 Å². The number of hydrogen-bond acceptors (Lipinski definition) is 2. The molecule has 0 aliphatic carbocycles. The standard InChI is InChI=1S/C21H21F2N3/c1-20(2)17-14(7-6-8-15(17)23)18(24-21(20,3)4)19-13-10-9-12(22)11-16(13)25-26(19)5/h6-11H,1-5H3.